The third-order valence-electron chi connectivity index (χ3n) is 7.03. The van der Waals surface area contributed by atoms with Crippen molar-refractivity contribution in [2.24, 2.45) is 0 Å². The van der Waals surface area contributed by atoms with Gasteiger partial charge in [0.1, 0.15) is 11.0 Å². The Labute approximate surface area is 193 Å². The zero-order valence-corrected chi connectivity index (χ0v) is 18.4. The molecular weight excluding hydrogens is 440 g/mol. The van der Waals surface area contributed by atoms with Gasteiger partial charge in [-0.3, -0.25) is 14.2 Å². The maximum absolute atomic E-state index is 14.8. The number of para-hydroxylation sites is 1. The van der Waals surface area contributed by atoms with Crippen molar-refractivity contribution in [2.75, 3.05) is 31.1 Å². The fourth-order valence-corrected chi connectivity index (χ4v) is 5.02. The Morgan fingerprint density at radius 2 is 1.71 bits per heavy atom. The zero-order valence-electron chi connectivity index (χ0n) is 18.4. The van der Waals surface area contributed by atoms with Crippen LogP contribution in [-0.2, 0) is 0 Å². The lowest BCUT2D eigenvalue weighted by atomic mass is 9.82. The van der Waals surface area contributed by atoms with E-state index in [1.807, 2.05) is 6.07 Å². The second kappa shape index (κ2) is 8.06. The molecule has 0 amide bonds. The van der Waals surface area contributed by atoms with E-state index < -0.39 is 22.6 Å². The van der Waals surface area contributed by atoms with Crippen LogP contribution in [0, 0.1) is 11.6 Å². The van der Waals surface area contributed by atoms with Crippen molar-refractivity contribution in [3.05, 3.63) is 80.4 Å². The van der Waals surface area contributed by atoms with E-state index in [9.17, 15) is 18.4 Å². The van der Waals surface area contributed by atoms with Crippen LogP contribution in [0.5, 0.6) is 0 Å². The van der Waals surface area contributed by atoms with Crippen molar-refractivity contribution < 1.29 is 13.2 Å². The maximum atomic E-state index is 14.8. The molecule has 0 atom stereocenters. The Hall–Kier alpha value is -3.52. The molecule has 34 heavy (non-hydrogen) atoms. The van der Waals surface area contributed by atoms with E-state index in [-0.39, 0.29) is 22.6 Å². The van der Waals surface area contributed by atoms with Gasteiger partial charge in [-0.2, -0.15) is 0 Å². The highest BCUT2D eigenvalue weighted by Crippen LogP contribution is 2.38. The summed E-state index contributed by atoms with van der Waals surface area (Å²) in [4.78, 5) is 29.4. The first-order valence-corrected chi connectivity index (χ1v) is 11.6. The Kier molecular flexibility index (Phi) is 4.99. The van der Waals surface area contributed by atoms with Crippen molar-refractivity contribution >= 4 is 27.6 Å². The van der Waals surface area contributed by atoms with E-state index in [4.69, 9.17) is 4.42 Å². The predicted molar refractivity (Wildman–Crippen MR) is 127 cm³/mol. The number of anilines is 1. The summed E-state index contributed by atoms with van der Waals surface area (Å²) in [5.74, 6) is -2.16. The SMILES string of the molecule is O=c1c2cccc(N3CCNCC3)c2oc2cc(C3CCC3)n(-c3cccc(F)c3F)c(=O)c12. The van der Waals surface area contributed by atoms with Crippen molar-refractivity contribution in [1.82, 2.24) is 9.88 Å². The molecule has 4 aromatic rings. The molecule has 2 fully saturated rings. The summed E-state index contributed by atoms with van der Waals surface area (Å²) in [6.45, 7) is 3.19. The highest BCUT2D eigenvalue weighted by Gasteiger charge is 2.28. The fraction of sp³-hybridized carbons (Fsp3) is 0.308. The number of fused-ring (bicyclic) bond motifs is 2. The Balaban J connectivity index is 1.68. The van der Waals surface area contributed by atoms with Gasteiger partial charge in [-0.15, -0.1) is 0 Å². The minimum Gasteiger partial charge on any atom is -0.453 e. The average Bonchev–Trinajstić information content (AvgIpc) is 2.81. The molecular formula is C26H23F2N3O3. The molecule has 1 aliphatic heterocycles. The van der Waals surface area contributed by atoms with Crippen LogP contribution in [0.25, 0.3) is 27.6 Å². The maximum Gasteiger partial charge on any atom is 0.270 e. The topological polar surface area (TPSA) is 67.5 Å². The Morgan fingerprint density at radius 3 is 2.44 bits per heavy atom. The van der Waals surface area contributed by atoms with Gasteiger partial charge in [0.05, 0.1) is 16.8 Å². The molecule has 0 unspecified atom stereocenters. The molecule has 2 aromatic carbocycles. The molecule has 1 aliphatic carbocycles. The van der Waals surface area contributed by atoms with Gasteiger partial charge in [0, 0.05) is 37.9 Å². The average molecular weight is 463 g/mol. The summed E-state index contributed by atoms with van der Waals surface area (Å²) in [6.07, 6.45) is 2.63. The Morgan fingerprint density at radius 1 is 0.971 bits per heavy atom. The third-order valence-corrected chi connectivity index (χ3v) is 7.03. The third kappa shape index (κ3) is 3.16. The van der Waals surface area contributed by atoms with Gasteiger partial charge >= 0.3 is 0 Å². The molecule has 0 radical (unpaired) electrons. The number of nitrogens with zero attached hydrogens (tertiary/aromatic N) is 2. The number of nitrogens with one attached hydrogen (secondary N) is 1. The summed E-state index contributed by atoms with van der Waals surface area (Å²) in [5, 5.41) is 3.45. The number of rotatable bonds is 3. The van der Waals surface area contributed by atoms with Gasteiger partial charge in [-0.05, 0) is 43.0 Å². The Bertz CT molecular complexity index is 1550. The molecule has 0 bridgehead atoms. The summed E-state index contributed by atoms with van der Waals surface area (Å²) >= 11 is 0. The van der Waals surface area contributed by atoms with Crippen LogP contribution in [0.2, 0.25) is 0 Å². The number of piperazine rings is 1. The molecule has 1 saturated carbocycles. The van der Waals surface area contributed by atoms with E-state index in [0.717, 1.165) is 61.8 Å². The highest BCUT2D eigenvalue weighted by atomic mass is 19.2. The fourth-order valence-electron chi connectivity index (χ4n) is 5.02. The summed E-state index contributed by atoms with van der Waals surface area (Å²) in [7, 11) is 0. The zero-order chi connectivity index (χ0) is 23.4. The van der Waals surface area contributed by atoms with Crippen LogP contribution in [-0.4, -0.2) is 30.7 Å². The van der Waals surface area contributed by atoms with Gasteiger partial charge in [-0.25, -0.2) is 8.78 Å². The first-order chi connectivity index (χ1) is 16.5. The van der Waals surface area contributed by atoms with Crippen molar-refractivity contribution in [3.63, 3.8) is 0 Å². The van der Waals surface area contributed by atoms with Crippen molar-refractivity contribution in [2.45, 2.75) is 25.2 Å². The molecule has 174 valence electrons. The van der Waals surface area contributed by atoms with Gasteiger partial charge in [0.25, 0.3) is 5.56 Å². The number of pyridine rings is 1. The number of benzene rings is 2. The van der Waals surface area contributed by atoms with Gasteiger partial charge in [-0.1, -0.05) is 18.6 Å². The van der Waals surface area contributed by atoms with E-state index in [1.165, 1.54) is 12.1 Å². The smallest absolute Gasteiger partial charge is 0.270 e. The van der Waals surface area contributed by atoms with Crippen molar-refractivity contribution in [3.8, 4) is 5.69 Å². The van der Waals surface area contributed by atoms with E-state index in [1.54, 1.807) is 18.2 Å². The minimum absolute atomic E-state index is 0.00387. The number of halogens is 2. The molecule has 2 aromatic heterocycles. The summed E-state index contributed by atoms with van der Waals surface area (Å²) in [6, 6.07) is 10.7. The summed E-state index contributed by atoms with van der Waals surface area (Å²) < 4.78 is 36.3. The molecule has 2 aliphatic rings. The van der Waals surface area contributed by atoms with Crippen LogP contribution < -0.4 is 21.2 Å². The van der Waals surface area contributed by atoms with E-state index in [2.05, 4.69) is 10.2 Å². The summed E-state index contributed by atoms with van der Waals surface area (Å²) in [5.41, 5.74) is 0.619. The normalized spacial score (nSPS) is 16.8. The van der Waals surface area contributed by atoms with Crippen LogP contribution in [0.4, 0.5) is 14.5 Å². The lowest BCUT2D eigenvalue weighted by molar-refractivity contribution is 0.402. The lowest BCUT2D eigenvalue weighted by Gasteiger charge is -2.30. The quantitative estimate of drug-likeness (QED) is 0.465. The predicted octanol–water partition coefficient (Wildman–Crippen LogP) is 4.05. The van der Waals surface area contributed by atoms with Gasteiger partial charge < -0.3 is 14.6 Å². The molecule has 6 rings (SSSR count). The molecule has 1 saturated heterocycles. The molecule has 1 N–H and O–H groups in total. The van der Waals surface area contributed by atoms with Gasteiger partial charge in [0.15, 0.2) is 17.2 Å². The number of aromatic nitrogens is 1. The monoisotopic (exact) mass is 463 g/mol. The van der Waals surface area contributed by atoms with Crippen LogP contribution in [0.1, 0.15) is 30.9 Å². The number of hydrogen-bond donors (Lipinski definition) is 1. The standard InChI is InChI=1S/C26H23F2N3O3/c27-17-7-3-8-18(23(17)28)31-20(15-4-1-5-15)14-21-22(26(31)33)24(32)16-6-2-9-19(25(16)34-21)30-12-10-29-11-13-30/h2-3,6-9,14-15,29H,1,4-5,10-13H2. The molecule has 3 heterocycles. The second-order valence-electron chi connectivity index (χ2n) is 8.97. The van der Waals surface area contributed by atoms with Gasteiger partial charge in [0.2, 0.25) is 5.43 Å². The largest absolute Gasteiger partial charge is 0.453 e. The first kappa shape index (κ1) is 21.0. The van der Waals surface area contributed by atoms with Crippen LogP contribution in [0.3, 0.4) is 0 Å². The first-order valence-electron chi connectivity index (χ1n) is 11.6. The van der Waals surface area contributed by atoms with Crippen LogP contribution in [0.15, 0.2) is 56.5 Å². The number of hydrogen-bond acceptors (Lipinski definition) is 5. The lowest BCUT2D eigenvalue weighted by Crippen LogP contribution is -2.43. The highest BCUT2D eigenvalue weighted by molar-refractivity contribution is 5.96. The van der Waals surface area contributed by atoms with E-state index in [0.29, 0.717) is 16.7 Å². The molecule has 8 heteroatoms. The molecule has 0 spiro atoms. The minimum atomic E-state index is -1.12. The van der Waals surface area contributed by atoms with E-state index >= 15 is 0 Å². The van der Waals surface area contributed by atoms with Crippen LogP contribution >= 0.6 is 0 Å². The second-order valence-corrected chi connectivity index (χ2v) is 8.97. The van der Waals surface area contributed by atoms with Crippen molar-refractivity contribution in [1.29, 1.82) is 0 Å². The molecule has 6 nitrogen and oxygen atoms in total.